The Hall–Kier alpha value is -1.36. The Bertz CT molecular complexity index is 466. The molecule has 0 spiro atoms. The first kappa shape index (κ1) is 15.0. The van der Waals surface area contributed by atoms with Crippen LogP contribution in [0.2, 0.25) is 0 Å². The van der Waals surface area contributed by atoms with Crippen LogP contribution < -0.4 is 0 Å². The van der Waals surface area contributed by atoms with E-state index in [1.54, 1.807) is 6.92 Å². The topological polar surface area (TPSA) is 61.6 Å². The van der Waals surface area contributed by atoms with E-state index in [0.29, 0.717) is 18.2 Å². The summed E-state index contributed by atoms with van der Waals surface area (Å²) < 4.78 is 16.5. The van der Waals surface area contributed by atoms with Gasteiger partial charge in [-0.1, -0.05) is 20.8 Å². The number of rotatable bonds is 5. The number of nitrogens with zero attached hydrogens (tertiary/aromatic N) is 1. The molecule has 0 saturated carbocycles. The van der Waals surface area contributed by atoms with Gasteiger partial charge in [-0.25, -0.2) is 9.78 Å². The number of esters is 1. The van der Waals surface area contributed by atoms with E-state index in [1.165, 1.54) is 0 Å². The van der Waals surface area contributed by atoms with Crippen molar-refractivity contribution in [2.24, 2.45) is 0 Å². The highest BCUT2D eigenvalue weighted by Gasteiger charge is 2.34. The zero-order valence-electron chi connectivity index (χ0n) is 12.6. The first-order valence-corrected chi connectivity index (χ1v) is 7.37. The minimum absolute atomic E-state index is 0.120. The Morgan fingerprint density at radius 3 is 2.80 bits per heavy atom. The Labute approximate surface area is 119 Å². The van der Waals surface area contributed by atoms with E-state index in [2.05, 4.69) is 11.9 Å². The number of carbonyl (C=O) groups excluding carboxylic acids is 1. The van der Waals surface area contributed by atoms with Gasteiger partial charge in [0.25, 0.3) is 0 Å². The van der Waals surface area contributed by atoms with Gasteiger partial charge in [-0.15, -0.1) is 0 Å². The molecule has 5 nitrogen and oxygen atoms in total. The second kappa shape index (κ2) is 6.39. The lowest BCUT2D eigenvalue weighted by Gasteiger charge is -2.12. The monoisotopic (exact) mass is 281 g/mol. The van der Waals surface area contributed by atoms with Crippen molar-refractivity contribution < 1.29 is 18.7 Å². The van der Waals surface area contributed by atoms with Gasteiger partial charge in [0, 0.05) is 6.61 Å². The van der Waals surface area contributed by atoms with Crippen molar-refractivity contribution in [2.75, 3.05) is 13.2 Å². The number of oxazole rings is 1. The average Bonchev–Trinajstić information content (AvgIpc) is 3.04. The summed E-state index contributed by atoms with van der Waals surface area (Å²) in [5.41, 5.74) is 0.681. The number of hydrogen-bond acceptors (Lipinski definition) is 5. The second-order valence-electron chi connectivity index (χ2n) is 5.35. The van der Waals surface area contributed by atoms with Gasteiger partial charge in [0.1, 0.15) is 0 Å². The van der Waals surface area contributed by atoms with Crippen LogP contribution in [0.1, 0.15) is 74.5 Å². The lowest BCUT2D eigenvalue weighted by atomic mass is 10.00. The molecule has 0 aromatic carbocycles. The van der Waals surface area contributed by atoms with Gasteiger partial charge in [-0.3, -0.25) is 0 Å². The van der Waals surface area contributed by atoms with Gasteiger partial charge in [0.05, 0.1) is 24.3 Å². The van der Waals surface area contributed by atoms with Crippen LogP contribution in [-0.2, 0) is 9.47 Å². The third-order valence-electron chi connectivity index (χ3n) is 3.61. The van der Waals surface area contributed by atoms with E-state index in [1.807, 2.05) is 13.8 Å². The van der Waals surface area contributed by atoms with Gasteiger partial charge in [-0.2, -0.15) is 0 Å². The van der Waals surface area contributed by atoms with Crippen LogP contribution in [0.15, 0.2) is 4.42 Å². The summed E-state index contributed by atoms with van der Waals surface area (Å²) in [4.78, 5) is 16.5. The quantitative estimate of drug-likeness (QED) is 0.775. The highest BCUT2D eigenvalue weighted by molar-refractivity contribution is 5.87. The molecule has 1 aliphatic heterocycles. The molecule has 1 aromatic rings. The minimum atomic E-state index is -0.429. The first-order chi connectivity index (χ1) is 9.58. The minimum Gasteiger partial charge on any atom is -0.460 e. The molecule has 2 heterocycles. The van der Waals surface area contributed by atoms with Gasteiger partial charge < -0.3 is 13.9 Å². The maximum absolute atomic E-state index is 12.0. The Kier molecular flexibility index (Phi) is 4.81. The molecular weight excluding hydrogens is 258 g/mol. The van der Waals surface area contributed by atoms with Gasteiger partial charge in [0.2, 0.25) is 11.7 Å². The summed E-state index contributed by atoms with van der Waals surface area (Å²) in [6.45, 7) is 8.90. The summed E-state index contributed by atoms with van der Waals surface area (Å²) in [6.07, 6.45) is 1.93. The van der Waals surface area contributed by atoms with Crippen LogP contribution in [-0.4, -0.2) is 30.3 Å². The molecule has 1 fully saturated rings. The van der Waals surface area contributed by atoms with Crippen LogP contribution in [0.25, 0.3) is 0 Å². The summed E-state index contributed by atoms with van der Waals surface area (Å²) in [5, 5.41) is 0. The maximum atomic E-state index is 12.0. The van der Waals surface area contributed by atoms with Gasteiger partial charge >= 0.3 is 5.97 Å². The normalized spacial score (nSPS) is 22.4. The van der Waals surface area contributed by atoms with Crippen molar-refractivity contribution in [3.05, 3.63) is 17.3 Å². The third-order valence-corrected chi connectivity index (χ3v) is 3.61. The fourth-order valence-corrected chi connectivity index (χ4v) is 2.58. The number of carbonyl (C=O) groups is 1. The molecule has 0 radical (unpaired) electrons. The third kappa shape index (κ3) is 2.87. The molecule has 0 N–H and O–H groups in total. The Morgan fingerprint density at radius 2 is 2.20 bits per heavy atom. The Morgan fingerprint density at radius 1 is 1.45 bits per heavy atom. The van der Waals surface area contributed by atoms with Crippen LogP contribution in [0.3, 0.4) is 0 Å². The molecule has 0 aliphatic carbocycles. The van der Waals surface area contributed by atoms with Gasteiger partial charge in [-0.05, 0) is 25.7 Å². The maximum Gasteiger partial charge on any atom is 0.376 e. The lowest BCUT2D eigenvalue weighted by molar-refractivity contribution is 0.0482. The van der Waals surface area contributed by atoms with Crippen LogP contribution in [0, 0.1) is 0 Å². The second-order valence-corrected chi connectivity index (χ2v) is 5.35. The first-order valence-electron chi connectivity index (χ1n) is 7.37. The number of ether oxygens (including phenoxy) is 2. The van der Waals surface area contributed by atoms with E-state index < -0.39 is 5.97 Å². The van der Waals surface area contributed by atoms with Crippen molar-refractivity contribution in [1.29, 1.82) is 0 Å². The zero-order chi connectivity index (χ0) is 14.7. The largest absolute Gasteiger partial charge is 0.460 e. The van der Waals surface area contributed by atoms with E-state index in [-0.39, 0.29) is 23.7 Å². The number of aromatic nitrogens is 1. The molecular formula is C15H23NO4. The molecule has 2 unspecified atom stereocenters. The molecule has 2 atom stereocenters. The predicted molar refractivity (Wildman–Crippen MR) is 73.9 cm³/mol. The molecule has 0 bridgehead atoms. The molecule has 112 valence electrons. The van der Waals surface area contributed by atoms with Crippen molar-refractivity contribution >= 4 is 5.97 Å². The molecule has 1 aromatic heterocycles. The SMILES string of the molecule is CCOC(=O)c1oc(C2CCOC2CC)nc1C(C)C. The van der Waals surface area contributed by atoms with E-state index in [4.69, 9.17) is 13.9 Å². The highest BCUT2D eigenvalue weighted by Crippen LogP contribution is 2.34. The number of hydrogen-bond donors (Lipinski definition) is 0. The molecule has 20 heavy (non-hydrogen) atoms. The average molecular weight is 281 g/mol. The fraction of sp³-hybridized carbons (Fsp3) is 0.733. The lowest BCUT2D eigenvalue weighted by Crippen LogP contribution is -2.13. The van der Waals surface area contributed by atoms with E-state index in [0.717, 1.165) is 19.4 Å². The van der Waals surface area contributed by atoms with Crippen LogP contribution in [0.4, 0.5) is 0 Å². The fourth-order valence-electron chi connectivity index (χ4n) is 2.58. The molecule has 1 saturated heterocycles. The van der Waals surface area contributed by atoms with Gasteiger partial charge in [0.15, 0.2) is 0 Å². The zero-order valence-corrected chi connectivity index (χ0v) is 12.6. The molecule has 0 amide bonds. The summed E-state index contributed by atoms with van der Waals surface area (Å²) >= 11 is 0. The molecule has 5 heteroatoms. The standard InChI is InChI=1S/C15H23NO4/c1-5-11-10(7-8-19-11)14-16-12(9(3)4)13(20-14)15(17)18-6-2/h9-11H,5-8H2,1-4H3. The summed E-state index contributed by atoms with van der Waals surface area (Å²) in [5.74, 6) is 0.691. The van der Waals surface area contributed by atoms with Crippen molar-refractivity contribution in [1.82, 2.24) is 4.98 Å². The van der Waals surface area contributed by atoms with Crippen molar-refractivity contribution in [2.45, 2.75) is 58.5 Å². The van der Waals surface area contributed by atoms with Crippen LogP contribution in [0.5, 0.6) is 0 Å². The van der Waals surface area contributed by atoms with E-state index in [9.17, 15) is 4.79 Å². The van der Waals surface area contributed by atoms with E-state index >= 15 is 0 Å². The molecule has 2 rings (SSSR count). The van der Waals surface area contributed by atoms with Crippen molar-refractivity contribution in [3.63, 3.8) is 0 Å². The predicted octanol–water partition coefficient (Wildman–Crippen LogP) is 3.26. The van der Waals surface area contributed by atoms with Crippen molar-refractivity contribution in [3.8, 4) is 0 Å². The summed E-state index contributed by atoms with van der Waals surface area (Å²) in [7, 11) is 0. The van der Waals surface area contributed by atoms with Crippen LogP contribution >= 0.6 is 0 Å². The highest BCUT2D eigenvalue weighted by atomic mass is 16.5. The summed E-state index contributed by atoms with van der Waals surface area (Å²) in [6, 6.07) is 0. The Balaban J connectivity index is 2.31. The molecule has 1 aliphatic rings. The smallest absolute Gasteiger partial charge is 0.376 e.